The molecule has 0 aliphatic heterocycles. The molecule has 0 spiro atoms. The molecule has 0 aliphatic carbocycles. The number of amides is 1. The zero-order chi connectivity index (χ0) is 23.9. The molecule has 0 atom stereocenters. The average Bonchev–Trinajstić information content (AvgIpc) is 3.19. The van der Waals surface area contributed by atoms with Gasteiger partial charge >= 0.3 is 0 Å². The summed E-state index contributed by atoms with van der Waals surface area (Å²) in [6.45, 7) is 6.31. The number of unbranched alkanes of at least 4 members (excludes halogenated alkanes) is 1. The van der Waals surface area contributed by atoms with Crippen LogP contribution < -0.4 is 10.1 Å². The predicted molar refractivity (Wildman–Crippen MR) is 141 cm³/mol. The topological polar surface area (TPSA) is 56.1 Å². The molecule has 6 heteroatoms. The fraction of sp³-hybridized carbons (Fsp3) is 0.286. The van der Waals surface area contributed by atoms with Crippen molar-refractivity contribution in [1.29, 1.82) is 0 Å². The number of imidazole rings is 1. The van der Waals surface area contributed by atoms with Crippen LogP contribution in [0.3, 0.4) is 0 Å². The van der Waals surface area contributed by atoms with Crippen molar-refractivity contribution in [3.05, 3.63) is 93.7 Å². The molecule has 0 radical (unpaired) electrons. The van der Waals surface area contributed by atoms with Crippen molar-refractivity contribution < 1.29 is 9.53 Å². The highest BCUT2D eigenvalue weighted by Gasteiger charge is 2.11. The van der Waals surface area contributed by atoms with Gasteiger partial charge in [0.1, 0.15) is 11.6 Å². The maximum atomic E-state index is 12.4. The van der Waals surface area contributed by atoms with Crippen molar-refractivity contribution in [2.75, 3.05) is 13.2 Å². The number of benzene rings is 3. The van der Waals surface area contributed by atoms with Crippen LogP contribution in [0.15, 0.2) is 71.2 Å². The van der Waals surface area contributed by atoms with Gasteiger partial charge < -0.3 is 14.6 Å². The van der Waals surface area contributed by atoms with Gasteiger partial charge in [0, 0.05) is 29.5 Å². The first-order valence-corrected chi connectivity index (χ1v) is 12.5. The molecule has 4 aromatic rings. The molecule has 0 saturated carbocycles. The second kappa shape index (κ2) is 11.3. The van der Waals surface area contributed by atoms with Gasteiger partial charge in [0.15, 0.2) is 0 Å². The SMILES string of the molecule is Cc1ccc(OCCCCn2c(CCNC(=O)c3ccc(Br)cc3)nc3ccccc32)cc1C. The van der Waals surface area contributed by atoms with Crippen LogP contribution in [0.5, 0.6) is 5.75 Å². The Morgan fingerprint density at radius 2 is 1.79 bits per heavy atom. The monoisotopic (exact) mass is 519 g/mol. The van der Waals surface area contributed by atoms with E-state index in [1.807, 2.05) is 48.5 Å². The number of aryl methyl sites for hydroxylation is 3. The summed E-state index contributed by atoms with van der Waals surface area (Å²) in [6.07, 6.45) is 2.62. The van der Waals surface area contributed by atoms with E-state index in [1.54, 1.807) is 0 Å². The van der Waals surface area contributed by atoms with Gasteiger partial charge in [-0.2, -0.15) is 0 Å². The summed E-state index contributed by atoms with van der Waals surface area (Å²) < 4.78 is 9.17. The molecule has 0 unspecified atom stereocenters. The largest absolute Gasteiger partial charge is 0.494 e. The van der Waals surface area contributed by atoms with Crippen molar-refractivity contribution in [1.82, 2.24) is 14.9 Å². The van der Waals surface area contributed by atoms with Crippen LogP contribution in [0.1, 0.15) is 40.2 Å². The Hall–Kier alpha value is -3.12. The third-order valence-electron chi connectivity index (χ3n) is 6.00. The molecular weight excluding hydrogens is 490 g/mol. The Kier molecular flexibility index (Phi) is 8.01. The van der Waals surface area contributed by atoms with E-state index in [9.17, 15) is 4.79 Å². The van der Waals surface area contributed by atoms with Crippen LogP contribution in [0.2, 0.25) is 0 Å². The number of para-hydroxylation sites is 2. The van der Waals surface area contributed by atoms with Gasteiger partial charge in [0.05, 0.1) is 17.6 Å². The molecule has 0 bridgehead atoms. The molecule has 0 saturated heterocycles. The molecule has 0 fully saturated rings. The lowest BCUT2D eigenvalue weighted by Crippen LogP contribution is -2.26. The normalized spacial score (nSPS) is 11.0. The van der Waals surface area contributed by atoms with Crippen molar-refractivity contribution >= 4 is 32.9 Å². The lowest BCUT2D eigenvalue weighted by Gasteiger charge is -2.11. The first-order chi connectivity index (χ1) is 16.5. The zero-order valence-corrected chi connectivity index (χ0v) is 21.3. The molecule has 1 amide bonds. The van der Waals surface area contributed by atoms with Gasteiger partial charge in [0.2, 0.25) is 0 Å². The second-order valence-corrected chi connectivity index (χ2v) is 9.40. The first-order valence-electron chi connectivity index (χ1n) is 11.7. The van der Waals surface area contributed by atoms with Crippen molar-refractivity contribution in [2.45, 2.75) is 39.7 Å². The van der Waals surface area contributed by atoms with Crippen molar-refractivity contribution in [3.8, 4) is 5.75 Å². The molecule has 1 N–H and O–H groups in total. The minimum atomic E-state index is -0.0707. The van der Waals surface area contributed by atoms with E-state index in [1.165, 1.54) is 11.1 Å². The third kappa shape index (κ3) is 6.06. The number of nitrogens with zero attached hydrogens (tertiary/aromatic N) is 2. The molecule has 4 rings (SSSR count). The summed E-state index contributed by atoms with van der Waals surface area (Å²) in [5.41, 5.74) is 5.30. The van der Waals surface area contributed by atoms with Crippen LogP contribution in [0, 0.1) is 13.8 Å². The Balaban J connectivity index is 1.32. The van der Waals surface area contributed by atoms with Crippen molar-refractivity contribution in [3.63, 3.8) is 0 Å². The van der Waals surface area contributed by atoms with E-state index in [0.717, 1.165) is 46.5 Å². The summed E-state index contributed by atoms with van der Waals surface area (Å²) in [5.74, 6) is 1.85. The molecule has 1 heterocycles. The lowest BCUT2D eigenvalue weighted by molar-refractivity contribution is 0.0954. The second-order valence-electron chi connectivity index (χ2n) is 8.48. The molecule has 1 aromatic heterocycles. The number of carbonyl (C=O) groups excluding carboxylic acids is 1. The number of carbonyl (C=O) groups is 1. The number of hydrogen-bond acceptors (Lipinski definition) is 3. The van der Waals surface area contributed by atoms with Gasteiger partial charge in [-0.3, -0.25) is 4.79 Å². The van der Waals surface area contributed by atoms with E-state index in [4.69, 9.17) is 9.72 Å². The third-order valence-corrected chi connectivity index (χ3v) is 6.53. The van der Waals surface area contributed by atoms with Crippen LogP contribution >= 0.6 is 15.9 Å². The Morgan fingerprint density at radius 3 is 2.59 bits per heavy atom. The van der Waals surface area contributed by atoms with Gasteiger partial charge in [0.25, 0.3) is 5.91 Å². The van der Waals surface area contributed by atoms with E-state index >= 15 is 0 Å². The Labute approximate surface area is 209 Å². The minimum Gasteiger partial charge on any atom is -0.494 e. The van der Waals surface area contributed by atoms with Crippen LogP contribution in [0.25, 0.3) is 11.0 Å². The maximum absolute atomic E-state index is 12.4. The molecule has 176 valence electrons. The van der Waals surface area contributed by atoms with E-state index in [-0.39, 0.29) is 5.91 Å². The summed E-state index contributed by atoms with van der Waals surface area (Å²) >= 11 is 3.40. The zero-order valence-electron chi connectivity index (χ0n) is 19.7. The molecular formula is C28H30BrN3O2. The van der Waals surface area contributed by atoms with Gasteiger partial charge in [-0.1, -0.05) is 34.1 Å². The summed E-state index contributed by atoms with van der Waals surface area (Å²) in [5, 5.41) is 3.01. The van der Waals surface area contributed by atoms with Crippen molar-refractivity contribution in [2.24, 2.45) is 0 Å². The number of halogens is 1. The summed E-state index contributed by atoms with van der Waals surface area (Å²) in [4.78, 5) is 17.3. The Morgan fingerprint density at radius 1 is 1.00 bits per heavy atom. The number of ether oxygens (including phenoxy) is 1. The highest BCUT2D eigenvalue weighted by Crippen LogP contribution is 2.19. The lowest BCUT2D eigenvalue weighted by atomic mass is 10.1. The van der Waals surface area contributed by atoms with Crippen LogP contribution in [-0.2, 0) is 13.0 Å². The van der Waals surface area contributed by atoms with E-state index in [0.29, 0.717) is 25.1 Å². The fourth-order valence-corrected chi connectivity index (χ4v) is 4.19. The van der Waals surface area contributed by atoms with E-state index < -0.39 is 0 Å². The van der Waals surface area contributed by atoms with Gasteiger partial charge in [-0.25, -0.2) is 4.98 Å². The van der Waals surface area contributed by atoms with Gasteiger partial charge in [-0.15, -0.1) is 0 Å². The number of hydrogen-bond donors (Lipinski definition) is 1. The number of nitrogens with one attached hydrogen (secondary N) is 1. The van der Waals surface area contributed by atoms with E-state index in [2.05, 4.69) is 57.9 Å². The number of rotatable bonds is 10. The Bertz CT molecular complexity index is 1260. The maximum Gasteiger partial charge on any atom is 0.251 e. The van der Waals surface area contributed by atoms with Crippen LogP contribution in [-0.4, -0.2) is 28.6 Å². The highest BCUT2D eigenvalue weighted by atomic mass is 79.9. The molecule has 5 nitrogen and oxygen atoms in total. The predicted octanol–water partition coefficient (Wildman–Crippen LogP) is 6.25. The fourth-order valence-electron chi connectivity index (χ4n) is 3.92. The average molecular weight is 520 g/mol. The smallest absolute Gasteiger partial charge is 0.251 e. The highest BCUT2D eigenvalue weighted by molar-refractivity contribution is 9.10. The summed E-state index contributed by atoms with van der Waals surface area (Å²) in [7, 11) is 0. The molecule has 3 aromatic carbocycles. The van der Waals surface area contributed by atoms with Gasteiger partial charge in [-0.05, 0) is 86.3 Å². The molecule has 0 aliphatic rings. The number of fused-ring (bicyclic) bond motifs is 1. The standard InChI is InChI=1S/C28H30BrN3O2/c1-20-9-14-24(19-21(20)2)34-18-6-5-17-32-26-8-4-3-7-25(26)31-27(32)15-16-30-28(33)22-10-12-23(29)13-11-22/h3-4,7-14,19H,5-6,15-18H2,1-2H3,(H,30,33). The van der Waals surface area contributed by atoms with Crippen LogP contribution in [0.4, 0.5) is 0 Å². The molecule has 34 heavy (non-hydrogen) atoms. The number of aromatic nitrogens is 2. The summed E-state index contributed by atoms with van der Waals surface area (Å²) in [6, 6.07) is 21.8. The first kappa shape index (κ1) is 24.0. The minimum absolute atomic E-state index is 0.0707. The quantitative estimate of drug-likeness (QED) is 0.252.